The Morgan fingerprint density at radius 3 is 2.76 bits per heavy atom. The minimum absolute atomic E-state index is 0.186. The lowest BCUT2D eigenvalue weighted by Gasteiger charge is -2.21. The van der Waals surface area contributed by atoms with E-state index in [0.717, 1.165) is 6.54 Å². The maximum absolute atomic E-state index is 12.0. The second-order valence-corrected chi connectivity index (χ2v) is 7.43. The van der Waals surface area contributed by atoms with Crippen LogP contribution in [0.2, 0.25) is 0 Å². The molecule has 0 aromatic heterocycles. The first-order chi connectivity index (χ1) is 10.3. The summed E-state index contributed by atoms with van der Waals surface area (Å²) in [7, 11) is 0. The number of hydrogen-bond acceptors (Lipinski definition) is 2. The molecule has 3 heteroatoms. The Kier molecular flexibility index (Phi) is 5.23. The number of thioether (sulfide) groups is 1. The Morgan fingerprint density at radius 2 is 1.90 bits per heavy atom. The number of amides is 1. The van der Waals surface area contributed by atoms with Crippen molar-refractivity contribution in [1.82, 2.24) is 5.32 Å². The molecule has 2 aliphatic carbocycles. The van der Waals surface area contributed by atoms with Crippen molar-refractivity contribution in [3.63, 3.8) is 0 Å². The molecule has 1 aromatic carbocycles. The van der Waals surface area contributed by atoms with E-state index in [0.29, 0.717) is 11.7 Å². The molecule has 2 aliphatic rings. The molecule has 114 valence electrons. The van der Waals surface area contributed by atoms with Gasteiger partial charge in [-0.3, -0.25) is 4.79 Å². The van der Waals surface area contributed by atoms with Crippen LogP contribution in [0.5, 0.6) is 0 Å². The van der Waals surface area contributed by atoms with Crippen molar-refractivity contribution in [2.24, 2.45) is 5.92 Å². The van der Waals surface area contributed by atoms with E-state index >= 15 is 0 Å². The van der Waals surface area contributed by atoms with Crippen molar-refractivity contribution in [3.05, 3.63) is 29.3 Å². The number of carbonyl (C=O) groups excluding carboxylic acids is 1. The molecule has 0 saturated heterocycles. The molecule has 0 bridgehead atoms. The van der Waals surface area contributed by atoms with Crippen LogP contribution in [-0.2, 0) is 17.6 Å². The second-order valence-electron chi connectivity index (χ2n) is 6.38. The highest BCUT2D eigenvalue weighted by atomic mass is 32.2. The number of rotatable bonds is 5. The van der Waals surface area contributed by atoms with Crippen molar-refractivity contribution in [2.45, 2.75) is 56.3 Å². The normalized spacial score (nSPS) is 18.5. The van der Waals surface area contributed by atoms with Crippen LogP contribution < -0.4 is 5.32 Å². The zero-order valence-electron chi connectivity index (χ0n) is 12.7. The largest absolute Gasteiger partial charge is 0.355 e. The highest BCUT2D eigenvalue weighted by molar-refractivity contribution is 8.00. The number of benzene rings is 1. The number of nitrogens with one attached hydrogen (secondary N) is 1. The van der Waals surface area contributed by atoms with Crippen molar-refractivity contribution in [1.29, 1.82) is 0 Å². The Balaban J connectivity index is 1.41. The van der Waals surface area contributed by atoms with Gasteiger partial charge in [-0.2, -0.15) is 0 Å². The van der Waals surface area contributed by atoms with Gasteiger partial charge in [0, 0.05) is 11.4 Å². The first kappa shape index (κ1) is 15.0. The van der Waals surface area contributed by atoms with Crippen molar-refractivity contribution in [3.8, 4) is 0 Å². The van der Waals surface area contributed by atoms with Gasteiger partial charge < -0.3 is 5.32 Å². The van der Waals surface area contributed by atoms with Crippen LogP contribution in [0.3, 0.4) is 0 Å². The molecule has 0 spiro atoms. The van der Waals surface area contributed by atoms with E-state index in [9.17, 15) is 4.79 Å². The number of carbonyl (C=O) groups is 1. The summed E-state index contributed by atoms with van der Waals surface area (Å²) in [5, 5.41) is 3.12. The summed E-state index contributed by atoms with van der Waals surface area (Å²) in [6.07, 6.45) is 10.3. The van der Waals surface area contributed by atoms with E-state index in [2.05, 4.69) is 23.5 Å². The Labute approximate surface area is 132 Å². The minimum Gasteiger partial charge on any atom is -0.355 e. The van der Waals surface area contributed by atoms with E-state index in [1.54, 1.807) is 11.8 Å². The molecule has 1 aromatic rings. The molecule has 0 radical (unpaired) electrons. The number of aryl methyl sites for hydroxylation is 2. The van der Waals surface area contributed by atoms with Gasteiger partial charge in [-0.05, 0) is 61.3 Å². The number of fused-ring (bicyclic) bond motifs is 1. The van der Waals surface area contributed by atoms with E-state index in [1.807, 2.05) is 0 Å². The van der Waals surface area contributed by atoms with E-state index in [1.165, 1.54) is 67.4 Å². The average Bonchev–Trinajstić information content (AvgIpc) is 2.99. The summed E-state index contributed by atoms with van der Waals surface area (Å²) in [6.45, 7) is 0.879. The fraction of sp³-hybridized carbons (Fsp3) is 0.611. The molecular weight excluding hydrogens is 278 g/mol. The predicted molar refractivity (Wildman–Crippen MR) is 88.8 cm³/mol. The molecule has 0 atom stereocenters. The first-order valence-corrected chi connectivity index (χ1v) is 9.31. The van der Waals surface area contributed by atoms with Crippen molar-refractivity contribution >= 4 is 17.7 Å². The molecule has 0 aliphatic heterocycles. The summed E-state index contributed by atoms with van der Waals surface area (Å²) in [6, 6.07) is 6.69. The van der Waals surface area contributed by atoms with Crippen molar-refractivity contribution < 1.29 is 4.79 Å². The lowest BCUT2D eigenvalue weighted by Crippen LogP contribution is -2.31. The van der Waals surface area contributed by atoms with Crippen LogP contribution in [0.15, 0.2) is 23.1 Å². The van der Waals surface area contributed by atoms with Gasteiger partial charge in [0.1, 0.15) is 0 Å². The summed E-state index contributed by atoms with van der Waals surface area (Å²) in [5.74, 6) is 1.45. The maximum Gasteiger partial charge on any atom is 0.230 e. The second kappa shape index (κ2) is 7.35. The van der Waals surface area contributed by atoms with E-state index < -0.39 is 0 Å². The summed E-state index contributed by atoms with van der Waals surface area (Å²) in [5.41, 5.74) is 2.99. The van der Waals surface area contributed by atoms with Gasteiger partial charge in [0.2, 0.25) is 5.91 Å². The van der Waals surface area contributed by atoms with Gasteiger partial charge in [-0.25, -0.2) is 0 Å². The lowest BCUT2D eigenvalue weighted by atomic mass is 9.89. The Morgan fingerprint density at radius 1 is 1.10 bits per heavy atom. The molecule has 2 nitrogen and oxygen atoms in total. The fourth-order valence-electron chi connectivity index (χ4n) is 3.49. The number of hydrogen-bond donors (Lipinski definition) is 1. The highest BCUT2D eigenvalue weighted by Crippen LogP contribution is 2.27. The predicted octanol–water partition coefficient (Wildman–Crippen LogP) is 3.96. The summed E-state index contributed by atoms with van der Waals surface area (Å²) >= 11 is 1.67. The van der Waals surface area contributed by atoms with Gasteiger partial charge in [0.25, 0.3) is 0 Å². The molecule has 1 fully saturated rings. The standard InChI is InChI=1S/C18H25NOS/c20-18(19-12-14-5-2-1-3-6-14)13-21-17-10-9-15-7-4-8-16(15)11-17/h9-11,14H,1-8,12-13H2,(H,19,20). The highest BCUT2D eigenvalue weighted by Gasteiger charge is 2.15. The fourth-order valence-corrected chi connectivity index (χ4v) is 4.28. The molecule has 1 saturated carbocycles. The molecule has 1 N–H and O–H groups in total. The average molecular weight is 303 g/mol. The van der Waals surface area contributed by atoms with Gasteiger partial charge in [-0.15, -0.1) is 11.8 Å². The van der Waals surface area contributed by atoms with Gasteiger partial charge >= 0.3 is 0 Å². The Bertz CT molecular complexity index is 494. The molecule has 21 heavy (non-hydrogen) atoms. The van der Waals surface area contributed by atoms with Crippen LogP contribution in [-0.4, -0.2) is 18.2 Å². The summed E-state index contributed by atoms with van der Waals surface area (Å²) in [4.78, 5) is 13.2. The van der Waals surface area contributed by atoms with Crippen LogP contribution in [0, 0.1) is 5.92 Å². The zero-order valence-corrected chi connectivity index (χ0v) is 13.5. The van der Waals surface area contributed by atoms with Gasteiger partial charge in [0.15, 0.2) is 0 Å². The topological polar surface area (TPSA) is 29.1 Å². The molecule has 3 rings (SSSR count). The third-order valence-corrected chi connectivity index (χ3v) is 5.75. The molecule has 1 amide bonds. The van der Waals surface area contributed by atoms with Gasteiger partial charge in [-0.1, -0.05) is 25.3 Å². The smallest absolute Gasteiger partial charge is 0.230 e. The van der Waals surface area contributed by atoms with Crippen LogP contribution in [0.1, 0.15) is 49.7 Å². The van der Waals surface area contributed by atoms with E-state index in [4.69, 9.17) is 0 Å². The van der Waals surface area contributed by atoms with Crippen LogP contribution >= 0.6 is 11.8 Å². The minimum atomic E-state index is 0.186. The Hall–Kier alpha value is -0.960. The lowest BCUT2D eigenvalue weighted by molar-refractivity contribution is -0.118. The van der Waals surface area contributed by atoms with E-state index in [-0.39, 0.29) is 5.91 Å². The quantitative estimate of drug-likeness (QED) is 0.834. The SMILES string of the molecule is O=C(CSc1ccc2c(c1)CCC2)NCC1CCCCC1. The first-order valence-electron chi connectivity index (χ1n) is 8.32. The molecule has 0 heterocycles. The maximum atomic E-state index is 12.0. The van der Waals surface area contributed by atoms with Crippen molar-refractivity contribution in [2.75, 3.05) is 12.3 Å². The van der Waals surface area contributed by atoms with Crippen LogP contribution in [0.25, 0.3) is 0 Å². The molecular formula is C18H25NOS. The zero-order chi connectivity index (χ0) is 14.5. The molecule has 0 unspecified atom stereocenters. The third-order valence-electron chi connectivity index (χ3n) is 4.75. The van der Waals surface area contributed by atoms with Gasteiger partial charge in [0.05, 0.1) is 5.75 Å². The third kappa shape index (κ3) is 4.26. The monoisotopic (exact) mass is 303 g/mol. The summed E-state index contributed by atoms with van der Waals surface area (Å²) < 4.78 is 0. The van der Waals surface area contributed by atoms with Crippen LogP contribution in [0.4, 0.5) is 0 Å².